The fourth-order valence-electron chi connectivity index (χ4n) is 4.65. The quantitative estimate of drug-likeness (QED) is 0.687. The third-order valence-corrected chi connectivity index (χ3v) is 6.53. The highest BCUT2D eigenvalue weighted by Crippen LogP contribution is 2.23. The summed E-state index contributed by atoms with van der Waals surface area (Å²) in [5.74, 6) is 0.236. The summed E-state index contributed by atoms with van der Waals surface area (Å²) >= 11 is 0. The van der Waals surface area contributed by atoms with Crippen LogP contribution < -0.4 is 0 Å². The maximum absolute atomic E-state index is 12.6. The lowest BCUT2D eigenvalue weighted by Crippen LogP contribution is -2.52. The molecule has 0 saturated carbocycles. The predicted molar refractivity (Wildman–Crippen MR) is 126 cm³/mol. The van der Waals surface area contributed by atoms with E-state index in [0.29, 0.717) is 19.6 Å². The van der Waals surface area contributed by atoms with Gasteiger partial charge in [-0.15, -0.1) is 0 Å². The Hall–Kier alpha value is -2.16. The van der Waals surface area contributed by atoms with Crippen LogP contribution in [0.4, 0.5) is 4.79 Å². The second kappa shape index (κ2) is 10.4. The van der Waals surface area contributed by atoms with E-state index >= 15 is 0 Å². The van der Waals surface area contributed by atoms with Crippen molar-refractivity contribution in [3.63, 3.8) is 0 Å². The number of carbonyl (C=O) groups excluding carboxylic acids is 2. The van der Waals surface area contributed by atoms with Gasteiger partial charge in [0.1, 0.15) is 5.60 Å². The lowest BCUT2D eigenvalue weighted by Gasteiger charge is -2.36. The van der Waals surface area contributed by atoms with Crippen LogP contribution in [0.2, 0.25) is 0 Å². The zero-order valence-electron chi connectivity index (χ0n) is 20.3. The lowest BCUT2D eigenvalue weighted by atomic mass is 9.97. The van der Waals surface area contributed by atoms with E-state index in [0.717, 1.165) is 65.4 Å². The number of hydrogen-bond donors (Lipinski definition) is 0. The molecule has 1 aromatic rings. The molecule has 0 aliphatic carbocycles. The van der Waals surface area contributed by atoms with Gasteiger partial charge >= 0.3 is 6.09 Å². The number of nitrogens with zero attached hydrogens (tertiary/aromatic N) is 4. The molecule has 0 unspecified atom stereocenters. The van der Waals surface area contributed by atoms with Crippen molar-refractivity contribution in [1.82, 2.24) is 19.6 Å². The van der Waals surface area contributed by atoms with Crippen molar-refractivity contribution in [2.24, 2.45) is 0 Å². The fraction of sp³-hybridized carbons (Fsp3) is 0.680. The fourth-order valence-corrected chi connectivity index (χ4v) is 4.65. The summed E-state index contributed by atoms with van der Waals surface area (Å²) in [6.45, 7) is 14.9. The number of rotatable bonds is 4. The summed E-state index contributed by atoms with van der Waals surface area (Å²) < 4.78 is 10.9. The van der Waals surface area contributed by atoms with Gasteiger partial charge in [-0.2, -0.15) is 0 Å². The highest BCUT2D eigenvalue weighted by Gasteiger charge is 2.27. The van der Waals surface area contributed by atoms with E-state index in [9.17, 15) is 9.59 Å². The molecule has 0 N–H and O–H groups in total. The molecule has 0 spiro atoms. The molecule has 1 aromatic carbocycles. The van der Waals surface area contributed by atoms with Crippen LogP contribution in [-0.4, -0.2) is 103 Å². The van der Waals surface area contributed by atoms with Crippen LogP contribution in [-0.2, 0) is 33.8 Å². The minimum atomic E-state index is -0.474. The van der Waals surface area contributed by atoms with Crippen molar-refractivity contribution in [3.05, 3.63) is 34.9 Å². The molecule has 33 heavy (non-hydrogen) atoms. The van der Waals surface area contributed by atoms with E-state index in [4.69, 9.17) is 9.47 Å². The van der Waals surface area contributed by atoms with Gasteiger partial charge in [0.05, 0.1) is 19.8 Å². The van der Waals surface area contributed by atoms with Gasteiger partial charge in [0.25, 0.3) is 0 Å². The van der Waals surface area contributed by atoms with Gasteiger partial charge in [0.15, 0.2) is 0 Å². The molecule has 2 saturated heterocycles. The first kappa shape index (κ1) is 24.0. The predicted octanol–water partition coefficient (Wildman–Crippen LogP) is 1.96. The largest absolute Gasteiger partial charge is 0.444 e. The van der Waals surface area contributed by atoms with Gasteiger partial charge in [-0.3, -0.25) is 14.6 Å². The second-order valence-electron chi connectivity index (χ2n) is 10.3. The highest BCUT2D eigenvalue weighted by atomic mass is 16.6. The molecular formula is C25H38N4O4. The van der Waals surface area contributed by atoms with E-state index in [1.807, 2.05) is 25.7 Å². The first-order chi connectivity index (χ1) is 15.8. The summed E-state index contributed by atoms with van der Waals surface area (Å²) in [6.07, 6.45) is 0.616. The van der Waals surface area contributed by atoms with Gasteiger partial charge in [-0.25, -0.2) is 4.79 Å². The first-order valence-corrected chi connectivity index (χ1v) is 12.2. The number of benzene rings is 1. The van der Waals surface area contributed by atoms with Crippen molar-refractivity contribution in [3.8, 4) is 0 Å². The molecule has 0 aromatic heterocycles. The zero-order valence-corrected chi connectivity index (χ0v) is 20.3. The number of morpholine rings is 1. The standard InChI is InChI=1S/C25H38N4O4/c1-25(2,3)33-24(31)29-7-6-21-16-20(4-5-22(21)18-29)17-26-8-10-28(11-9-26)23(30)19-27-12-14-32-15-13-27/h4-5,16H,6-15,17-19H2,1-3H3. The van der Waals surface area contributed by atoms with E-state index in [2.05, 4.69) is 28.0 Å². The molecule has 0 radical (unpaired) electrons. The molecule has 3 aliphatic heterocycles. The number of hydrogen-bond acceptors (Lipinski definition) is 6. The van der Waals surface area contributed by atoms with Gasteiger partial charge < -0.3 is 19.3 Å². The summed E-state index contributed by atoms with van der Waals surface area (Å²) in [6, 6.07) is 6.62. The van der Waals surface area contributed by atoms with Gasteiger partial charge in [-0.05, 0) is 43.9 Å². The third-order valence-electron chi connectivity index (χ3n) is 6.53. The van der Waals surface area contributed by atoms with E-state index < -0.39 is 5.60 Å². The van der Waals surface area contributed by atoms with Gasteiger partial charge in [0.2, 0.25) is 5.91 Å². The third kappa shape index (κ3) is 6.68. The Balaban J connectivity index is 1.25. The average Bonchev–Trinajstić information content (AvgIpc) is 2.78. The normalized spacial score (nSPS) is 20.5. The lowest BCUT2D eigenvalue weighted by molar-refractivity contribution is -0.135. The Kier molecular flexibility index (Phi) is 7.56. The topological polar surface area (TPSA) is 65.6 Å². The molecule has 8 heteroatoms. The number of piperazine rings is 1. The van der Waals surface area contributed by atoms with Crippen molar-refractivity contribution in [1.29, 1.82) is 0 Å². The molecule has 4 rings (SSSR count). The number of carbonyl (C=O) groups is 2. The van der Waals surface area contributed by atoms with Crippen LogP contribution >= 0.6 is 0 Å². The van der Waals surface area contributed by atoms with Crippen LogP contribution in [0, 0.1) is 0 Å². The SMILES string of the molecule is CC(C)(C)OC(=O)N1CCc2cc(CN3CCN(C(=O)CN4CCOCC4)CC3)ccc2C1. The van der Waals surface area contributed by atoms with Gasteiger partial charge in [0, 0.05) is 58.9 Å². The summed E-state index contributed by atoms with van der Waals surface area (Å²) in [7, 11) is 0. The average molecular weight is 459 g/mol. The molecule has 2 amide bonds. The minimum Gasteiger partial charge on any atom is -0.444 e. The Labute approximate surface area is 197 Å². The summed E-state index contributed by atoms with van der Waals surface area (Å²) in [5.41, 5.74) is 3.35. The summed E-state index contributed by atoms with van der Waals surface area (Å²) in [4.78, 5) is 33.4. The Morgan fingerprint density at radius 1 is 0.909 bits per heavy atom. The Bertz CT molecular complexity index is 839. The van der Waals surface area contributed by atoms with Crippen LogP contribution in [0.15, 0.2) is 18.2 Å². The van der Waals surface area contributed by atoms with Crippen LogP contribution in [0.25, 0.3) is 0 Å². The maximum atomic E-state index is 12.6. The molecule has 0 atom stereocenters. The van der Waals surface area contributed by atoms with Crippen LogP contribution in [0.3, 0.4) is 0 Å². The number of amides is 2. The first-order valence-electron chi connectivity index (χ1n) is 12.2. The second-order valence-corrected chi connectivity index (χ2v) is 10.3. The molecule has 2 fully saturated rings. The molecular weight excluding hydrogens is 420 g/mol. The number of fused-ring (bicyclic) bond motifs is 1. The molecule has 0 bridgehead atoms. The monoisotopic (exact) mass is 458 g/mol. The maximum Gasteiger partial charge on any atom is 0.410 e. The molecule has 8 nitrogen and oxygen atoms in total. The zero-order chi connectivity index (χ0) is 23.4. The molecule has 3 heterocycles. The van der Waals surface area contributed by atoms with Crippen molar-refractivity contribution < 1.29 is 19.1 Å². The van der Waals surface area contributed by atoms with Crippen LogP contribution in [0.1, 0.15) is 37.5 Å². The van der Waals surface area contributed by atoms with Crippen molar-refractivity contribution in [2.45, 2.75) is 45.9 Å². The smallest absolute Gasteiger partial charge is 0.410 e. The minimum absolute atomic E-state index is 0.236. The molecule has 3 aliphatic rings. The number of ether oxygens (including phenoxy) is 2. The van der Waals surface area contributed by atoms with Gasteiger partial charge in [-0.1, -0.05) is 18.2 Å². The van der Waals surface area contributed by atoms with Crippen LogP contribution in [0.5, 0.6) is 0 Å². The van der Waals surface area contributed by atoms with E-state index in [1.165, 1.54) is 16.7 Å². The van der Waals surface area contributed by atoms with E-state index in [1.54, 1.807) is 4.90 Å². The van der Waals surface area contributed by atoms with E-state index in [-0.39, 0.29) is 12.0 Å². The van der Waals surface area contributed by atoms with Crippen molar-refractivity contribution in [2.75, 3.05) is 65.6 Å². The molecule has 182 valence electrons. The van der Waals surface area contributed by atoms with Crippen molar-refractivity contribution >= 4 is 12.0 Å². The Morgan fingerprint density at radius 3 is 2.33 bits per heavy atom. The highest BCUT2D eigenvalue weighted by molar-refractivity contribution is 5.78. The Morgan fingerprint density at radius 2 is 1.64 bits per heavy atom. The summed E-state index contributed by atoms with van der Waals surface area (Å²) in [5, 5.41) is 0.